The van der Waals surface area contributed by atoms with Gasteiger partial charge in [-0.1, -0.05) is 26.8 Å². The third-order valence-corrected chi connectivity index (χ3v) is 10.6. The summed E-state index contributed by atoms with van der Waals surface area (Å²) in [6, 6.07) is 0. The molecule has 2 unspecified atom stereocenters. The summed E-state index contributed by atoms with van der Waals surface area (Å²) < 4.78 is 40.5. The summed E-state index contributed by atoms with van der Waals surface area (Å²) in [5.41, 5.74) is -8.17. The Morgan fingerprint density at radius 1 is 1.16 bits per heavy atom. The van der Waals surface area contributed by atoms with Gasteiger partial charge in [-0.15, -0.1) is 6.58 Å². The van der Waals surface area contributed by atoms with E-state index in [0.29, 0.717) is 17.4 Å². The van der Waals surface area contributed by atoms with Crippen molar-refractivity contribution in [3.8, 4) is 0 Å². The zero-order chi connectivity index (χ0) is 33.0. The van der Waals surface area contributed by atoms with Crippen molar-refractivity contribution in [3.63, 3.8) is 0 Å². The molecule has 2 saturated carbocycles. The van der Waals surface area contributed by atoms with Gasteiger partial charge in [0.2, 0.25) is 0 Å². The number of Topliss-reactive ketones (excluding diaryl/α,β-unsaturated/α-hetero) is 1. The number of aliphatic hydroxyl groups excluding tert-OH is 1. The lowest BCUT2D eigenvalue weighted by Gasteiger charge is -2.71. The number of hydrogen-bond acceptors (Lipinski definition) is 12. The van der Waals surface area contributed by atoms with Gasteiger partial charge in [0.1, 0.15) is 24.9 Å². The van der Waals surface area contributed by atoms with Gasteiger partial charge in [0.15, 0.2) is 24.1 Å². The van der Waals surface area contributed by atoms with Crippen LogP contribution in [0.5, 0.6) is 0 Å². The predicted octanol–water partition coefficient (Wildman–Crippen LogP) is 1.28. The van der Waals surface area contributed by atoms with Crippen LogP contribution in [0.4, 0.5) is 0 Å². The topological polar surface area (TPSA) is 178 Å². The highest BCUT2D eigenvalue weighted by molar-refractivity contribution is 7.45. The Morgan fingerprint density at radius 3 is 2.30 bits per heavy atom. The molecule has 0 aromatic heterocycles. The highest BCUT2D eigenvalue weighted by Gasteiger charge is 2.82. The molecule has 1 aliphatic heterocycles. The molecule has 0 spiro atoms. The fourth-order valence-corrected chi connectivity index (χ4v) is 8.17. The van der Waals surface area contributed by atoms with Crippen LogP contribution in [-0.2, 0) is 42.2 Å². The van der Waals surface area contributed by atoms with Gasteiger partial charge in [0.25, 0.3) is 7.82 Å². The molecule has 0 radical (unpaired) electrons. The van der Waals surface area contributed by atoms with Crippen molar-refractivity contribution in [2.24, 2.45) is 16.7 Å². The molecule has 9 atom stereocenters. The van der Waals surface area contributed by atoms with E-state index in [0.717, 1.165) is 6.92 Å². The minimum atomic E-state index is -4.89. The smallest absolute Gasteiger partial charge is 0.333 e. The number of fused-ring (bicyclic) bond motifs is 3. The van der Waals surface area contributed by atoms with Gasteiger partial charge in [-0.3, -0.25) is 14.2 Å². The number of ether oxygens (including phenoxy) is 3. The number of phosphoric ester groups is 1. The standard InChI is InChI=1S/C29H48NO12P/c1-11-26(5)16-20(33)29(35)27(6)19(32)12-13-25(3,4)23(27)22(24(40-18(2)31)28(29,7)42-26)41-21(34)17-39-43(36,37)38-15-14-30(8,9)10/h11,19,22-24,32,35H,1,12-17H2,2-10H3/t19-,22-,23?,24-,26-,27-,28+,29-/m0/s1. The second-order valence-electron chi connectivity index (χ2n) is 14.4. The zero-order valence-electron chi connectivity index (χ0n) is 26.7. The molecular formula is C29H48NO12P. The molecule has 246 valence electrons. The number of rotatable bonds is 10. The third kappa shape index (κ3) is 6.37. The first-order chi connectivity index (χ1) is 19.4. The van der Waals surface area contributed by atoms with Crippen LogP contribution < -0.4 is 4.89 Å². The van der Waals surface area contributed by atoms with E-state index in [1.807, 2.05) is 35.0 Å². The van der Waals surface area contributed by atoms with E-state index >= 15 is 0 Å². The van der Waals surface area contributed by atoms with Crippen LogP contribution in [0, 0.1) is 16.7 Å². The van der Waals surface area contributed by atoms with Gasteiger partial charge < -0.3 is 42.8 Å². The molecule has 1 saturated heterocycles. The predicted molar refractivity (Wildman–Crippen MR) is 151 cm³/mol. The molecular weight excluding hydrogens is 585 g/mol. The van der Waals surface area contributed by atoms with Gasteiger partial charge in [-0.25, -0.2) is 4.79 Å². The van der Waals surface area contributed by atoms with Crippen LogP contribution in [0.25, 0.3) is 0 Å². The number of nitrogens with zero attached hydrogens (tertiary/aromatic N) is 1. The van der Waals surface area contributed by atoms with Crippen molar-refractivity contribution in [1.29, 1.82) is 0 Å². The number of carbonyl (C=O) groups is 3. The van der Waals surface area contributed by atoms with E-state index in [2.05, 4.69) is 6.58 Å². The molecule has 43 heavy (non-hydrogen) atoms. The number of carbonyl (C=O) groups excluding carboxylic acids is 3. The van der Waals surface area contributed by atoms with Gasteiger partial charge in [0.05, 0.1) is 32.8 Å². The van der Waals surface area contributed by atoms with Crippen LogP contribution in [-0.4, -0.2) is 108 Å². The van der Waals surface area contributed by atoms with E-state index in [4.69, 9.17) is 23.3 Å². The maximum Gasteiger partial charge on any atom is 0.333 e. The number of ketones is 1. The van der Waals surface area contributed by atoms with Crippen molar-refractivity contribution in [3.05, 3.63) is 12.7 Å². The number of hydrogen-bond donors (Lipinski definition) is 2. The van der Waals surface area contributed by atoms with Crippen molar-refractivity contribution < 1.29 is 61.8 Å². The van der Waals surface area contributed by atoms with Gasteiger partial charge in [-0.2, -0.15) is 0 Å². The van der Waals surface area contributed by atoms with Crippen molar-refractivity contribution in [2.75, 3.05) is 40.9 Å². The molecule has 0 aromatic rings. The van der Waals surface area contributed by atoms with Crippen LogP contribution in [0.1, 0.15) is 60.8 Å². The maximum absolute atomic E-state index is 14.0. The Labute approximate surface area is 253 Å². The van der Waals surface area contributed by atoms with Crippen molar-refractivity contribution in [2.45, 2.75) is 95.9 Å². The lowest BCUT2D eigenvalue weighted by atomic mass is 9.39. The first-order valence-electron chi connectivity index (χ1n) is 14.4. The van der Waals surface area contributed by atoms with Crippen LogP contribution in [0.3, 0.4) is 0 Å². The SMILES string of the molecule is C=C[C@@]1(C)CC(=O)[C@@]2(O)[C@](C)(O1)[C@@H](OC(C)=O)[C@@H](OC(=O)COP(=O)([O-])OCC[N+](C)(C)C)C1C(C)(C)CC[C@H](O)[C@@]12C. The molecule has 13 nitrogen and oxygen atoms in total. The number of aliphatic hydroxyl groups is 2. The average Bonchev–Trinajstić information content (AvgIpc) is 2.84. The first-order valence-corrected chi connectivity index (χ1v) is 15.9. The molecule has 2 aliphatic carbocycles. The molecule has 3 aliphatic rings. The summed E-state index contributed by atoms with van der Waals surface area (Å²) in [4.78, 5) is 52.1. The Balaban J connectivity index is 2.07. The molecule has 1 heterocycles. The minimum absolute atomic E-state index is 0.173. The second-order valence-corrected chi connectivity index (χ2v) is 15.8. The molecule has 14 heteroatoms. The molecule has 0 amide bonds. The van der Waals surface area contributed by atoms with Crippen molar-refractivity contribution in [1.82, 2.24) is 0 Å². The van der Waals surface area contributed by atoms with Gasteiger partial charge in [0, 0.05) is 24.7 Å². The molecule has 3 fully saturated rings. The summed E-state index contributed by atoms with van der Waals surface area (Å²) >= 11 is 0. The minimum Gasteiger partial charge on any atom is -0.756 e. The van der Waals surface area contributed by atoms with Crippen LogP contribution in [0.15, 0.2) is 12.7 Å². The fourth-order valence-electron chi connectivity index (χ4n) is 7.52. The number of phosphoric acid groups is 1. The number of esters is 2. The summed E-state index contributed by atoms with van der Waals surface area (Å²) in [5.74, 6) is -3.54. The van der Waals surface area contributed by atoms with E-state index in [9.17, 15) is 34.1 Å². The Bertz CT molecular complexity index is 1180. The summed E-state index contributed by atoms with van der Waals surface area (Å²) in [5, 5.41) is 24.1. The maximum atomic E-state index is 14.0. The van der Waals surface area contributed by atoms with E-state index in [1.54, 1.807) is 13.8 Å². The molecule has 0 aromatic carbocycles. The second kappa shape index (κ2) is 11.6. The average molecular weight is 634 g/mol. The van der Waals surface area contributed by atoms with E-state index < -0.39 is 84.0 Å². The summed E-state index contributed by atoms with van der Waals surface area (Å²) in [6.45, 7) is 12.2. The summed E-state index contributed by atoms with van der Waals surface area (Å²) in [6.07, 6.45) is -2.44. The number of quaternary nitrogens is 1. The van der Waals surface area contributed by atoms with Crippen LogP contribution >= 0.6 is 7.82 Å². The lowest BCUT2D eigenvalue weighted by Crippen LogP contribution is -2.87. The summed E-state index contributed by atoms with van der Waals surface area (Å²) in [7, 11) is 0.660. The van der Waals surface area contributed by atoms with Crippen molar-refractivity contribution >= 4 is 25.5 Å². The third-order valence-electron chi connectivity index (χ3n) is 9.61. The largest absolute Gasteiger partial charge is 0.756 e. The Morgan fingerprint density at radius 2 is 1.77 bits per heavy atom. The van der Waals surface area contributed by atoms with Gasteiger partial charge >= 0.3 is 11.9 Å². The van der Waals surface area contributed by atoms with Crippen LogP contribution in [0.2, 0.25) is 0 Å². The quantitative estimate of drug-likeness (QED) is 0.153. The lowest BCUT2D eigenvalue weighted by molar-refractivity contribution is -0.870. The highest BCUT2D eigenvalue weighted by Crippen LogP contribution is 2.67. The van der Waals surface area contributed by atoms with E-state index in [-0.39, 0.29) is 19.4 Å². The molecule has 2 N–H and O–H groups in total. The number of likely N-dealkylation sites (N-methyl/N-ethyl adjacent to an activating group) is 1. The Kier molecular flexibility index (Phi) is 9.64. The first kappa shape index (κ1) is 35.8. The zero-order valence-corrected chi connectivity index (χ0v) is 27.6. The van der Waals surface area contributed by atoms with E-state index in [1.165, 1.54) is 13.0 Å². The fraction of sp³-hybridized carbons (Fsp3) is 0.828. The molecule has 3 rings (SSSR count). The Hall–Kier alpha value is -1.70. The molecule has 0 bridgehead atoms. The normalized spacial score (nSPS) is 40.4. The highest BCUT2D eigenvalue weighted by atomic mass is 31.2. The van der Waals surface area contributed by atoms with Gasteiger partial charge in [-0.05, 0) is 32.1 Å². The monoisotopic (exact) mass is 633 g/mol.